The van der Waals surface area contributed by atoms with E-state index in [4.69, 9.17) is 6.92 Å². The van der Waals surface area contributed by atoms with Crippen LogP contribution in [0, 0.1) is 23.2 Å². The molecule has 0 aromatic heterocycles. The lowest BCUT2D eigenvalue weighted by atomic mass is 9.60. The molecule has 88 valence electrons. The Morgan fingerprint density at radius 1 is 1.12 bits per heavy atom. The van der Waals surface area contributed by atoms with Gasteiger partial charge in [0.1, 0.15) is 0 Å². The molecule has 0 heterocycles. The van der Waals surface area contributed by atoms with Crippen LogP contribution in [0.2, 0.25) is 0 Å². The molecular weight excluding hydrogens is 196 g/mol. The van der Waals surface area contributed by atoms with Crippen molar-refractivity contribution in [2.24, 2.45) is 16.2 Å². The van der Waals surface area contributed by atoms with Gasteiger partial charge in [-0.25, -0.2) is 0 Å². The Hall–Kier alpha value is -0.850. The molecule has 1 rings (SSSR count). The van der Waals surface area contributed by atoms with E-state index < -0.39 is 5.41 Å². The van der Waals surface area contributed by atoms with E-state index in [0.29, 0.717) is 0 Å². The number of carbonyl (C=O) groups excluding carboxylic acids is 1. The van der Waals surface area contributed by atoms with Gasteiger partial charge in [0.25, 0.3) is 0 Å². The summed E-state index contributed by atoms with van der Waals surface area (Å²) in [5.74, 6) is 0.0509. The highest BCUT2D eigenvalue weighted by molar-refractivity contribution is 6.04. The van der Waals surface area contributed by atoms with Crippen molar-refractivity contribution in [3.05, 3.63) is 30.7 Å². The summed E-state index contributed by atoms with van der Waals surface area (Å²) in [7, 11) is 0. The molecule has 16 heavy (non-hydrogen) atoms. The molecule has 1 unspecified atom stereocenters. The van der Waals surface area contributed by atoms with Gasteiger partial charge in [0.2, 0.25) is 0 Å². The molecule has 2 radical (unpaired) electrons. The zero-order chi connectivity index (χ0) is 12.8. The Labute approximate surface area is 99.6 Å². The molecule has 1 aliphatic rings. The van der Waals surface area contributed by atoms with Gasteiger partial charge in [-0.05, 0) is 17.8 Å². The van der Waals surface area contributed by atoms with E-state index in [0.717, 1.165) is 5.57 Å². The SMILES string of the molecule is [CH]C1(C(C)(C)C)C=CC=C(C(C)(C)C)C1=O. The second-order valence-corrected chi connectivity index (χ2v) is 6.64. The summed E-state index contributed by atoms with van der Waals surface area (Å²) in [6.07, 6.45) is 5.62. The molecule has 0 saturated heterocycles. The summed E-state index contributed by atoms with van der Waals surface area (Å²) < 4.78 is 0. The molecular formula is C15H22O. The number of hydrogen-bond acceptors (Lipinski definition) is 1. The fourth-order valence-electron chi connectivity index (χ4n) is 1.85. The number of allylic oxidation sites excluding steroid dienone is 4. The van der Waals surface area contributed by atoms with Crippen LogP contribution in [-0.4, -0.2) is 5.78 Å². The minimum Gasteiger partial charge on any atom is -0.294 e. The number of hydrogen-bond donors (Lipinski definition) is 0. The number of carbonyl (C=O) groups is 1. The molecule has 0 aromatic rings. The molecule has 0 N–H and O–H groups in total. The van der Waals surface area contributed by atoms with Crippen molar-refractivity contribution in [1.29, 1.82) is 0 Å². The summed E-state index contributed by atoms with van der Waals surface area (Å²) in [5, 5.41) is 0. The molecule has 1 atom stereocenters. The molecule has 0 aliphatic heterocycles. The molecule has 0 aromatic carbocycles. The summed E-state index contributed by atoms with van der Waals surface area (Å²) in [6.45, 7) is 18.4. The molecule has 0 fully saturated rings. The molecule has 0 amide bonds. The number of Topliss-reactive ketones (excluding diaryl/α,β-unsaturated/α-hetero) is 1. The monoisotopic (exact) mass is 218 g/mol. The lowest BCUT2D eigenvalue weighted by molar-refractivity contribution is -0.125. The second-order valence-electron chi connectivity index (χ2n) is 6.64. The lowest BCUT2D eigenvalue weighted by Gasteiger charge is -2.42. The predicted molar refractivity (Wildman–Crippen MR) is 67.9 cm³/mol. The fraction of sp³-hybridized carbons (Fsp3) is 0.600. The van der Waals surface area contributed by atoms with Gasteiger partial charge in [0.15, 0.2) is 5.78 Å². The predicted octanol–water partition coefficient (Wildman–Crippen LogP) is 3.84. The molecule has 1 aliphatic carbocycles. The normalized spacial score (nSPS) is 26.9. The first-order valence-electron chi connectivity index (χ1n) is 5.74. The van der Waals surface area contributed by atoms with Crippen molar-refractivity contribution >= 4 is 5.78 Å². The van der Waals surface area contributed by atoms with E-state index in [1.165, 1.54) is 0 Å². The van der Waals surface area contributed by atoms with Gasteiger partial charge < -0.3 is 0 Å². The van der Waals surface area contributed by atoms with Crippen LogP contribution in [0.5, 0.6) is 0 Å². The van der Waals surface area contributed by atoms with Crippen LogP contribution >= 0.6 is 0 Å². The molecule has 0 saturated carbocycles. The van der Waals surface area contributed by atoms with Crippen LogP contribution in [0.3, 0.4) is 0 Å². The van der Waals surface area contributed by atoms with Crippen LogP contribution in [0.25, 0.3) is 0 Å². The quantitative estimate of drug-likeness (QED) is 0.603. The average molecular weight is 218 g/mol. The third-order valence-corrected chi connectivity index (χ3v) is 3.29. The highest BCUT2D eigenvalue weighted by atomic mass is 16.1. The maximum absolute atomic E-state index is 12.5. The van der Waals surface area contributed by atoms with E-state index in [2.05, 4.69) is 0 Å². The van der Waals surface area contributed by atoms with Crippen molar-refractivity contribution < 1.29 is 4.79 Å². The third kappa shape index (κ3) is 2.00. The van der Waals surface area contributed by atoms with Crippen LogP contribution in [-0.2, 0) is 4.79 Å². The minimum atomic E-state index is -0.885. The molecule has 1 heteroatoms. The lowest BCUT2D eigenvalue weighted by Crippen LogP contribution is -2.43. The Bertz CT molecular complexity index is 358. The van der Waals surface area contributed by atoms with Crippen molar-refractivity contribution in [2.45, 2.75) is 41.5 Å². The van der Waals surface area contributed by atoms with Crippen molar-refractivity contribution in [3.63, 3.8) is 0 Å². The van der Waals surface area contributed by atoms with Crippen LogP contribution < -0.4 is 0 Å². The van der Waals surface area contributed by atoms with E-state index in [-0.39, 0.29) is 16.6 Å². The van der Waals surface area contributed by atoms with Crippen molar-refractivity contribution in [2.75, 3.05) is 0 Å². The van der Waals surface area contributed by atoms with E-state index >= 15 is 0 Å². The maximum Gasteiger partial charge on any atom is 0.170 e. The van der Waals surface area contributed by atoms with Crippen LogP contribution in [0.15, 0.2) is 23.8 Å². The van der Waals surface area contributed by atoms with Gasteiger partial charge in [0, 0.05) is 5.57 Å². The minimum absolute atomic E-state index is 0.0509. The Balaban J connectivity index is 3.23. The summed E-state index contributed by atoms with van der Waals surface area (Å²) in [4.78, 5) is 12.5. The Morgan fingerprint density at radius 2 is 1.62 bits per heavy atom. The first-order chi connectivity index (χ1) is 7.00. The van der Waals surface area contributed by atoms with Crippen molar-refractivity contribution in [3.8, 4) is 0 Å². The summed E-state index contributed by atoms with van der Waals surface area (Å²) in [6, 6.07) is 0. The first kappa shape index (κ1) is 13.2. The van der Waals surface area contributed by atoms with E-state index in [1.54, 1.807) is 0 Å². The van der Waals surface area contributed by atoms with Gasteiger partial charge in [-0.2, -0.15) is 0 Å². The number of ketones is 1. The van der Waals surface area contributed by atoms with E-state index in [9.17, 15) is 4.79 Å². The van der Waals surface area contributed by atoms with Gasteiger partial charge in [-0.1, -0.05) is 59.8 Å². The van der Waals surface area contributed by atoms with Gasteiger partial charge in [-0.3, -0.25) is 4.79 Å². The Morgan fingerprint density at radius 3 is 2.00 bits per heavy atom. The summed E-state index contributed by atoms with van der Waals surface area (Å²) >= 11 is 0. The maximum atomic E-state index is 12.5. The van der Waals surface area contributed by atoms with Crippen LogP contribution in [0.4, 0.5) is 0 Å². The van der Waals surface area contributed by atoms with Gasteiger partial charge in [0.05, 0.1) is 5.41 Å². The van der Waals surface area contributed by atoms with Crippen molar-refractivity contribution in [1.82, 2.24) is 0 Å². The van der Waals surface area contributed by atoms with Crippen LogP contribution in [0.1, 0.15) is 41.5 Å². The Kier molecular flexibility index (Phi) is 2.96. The second kappa shape index (κ2) is 3.58. The highest BCUT2D eigenvalue weighted by Gasteiger charge is 2.46. The van der Waals surface area contributed by atoms with Gasteiger partial charge in [-0.15, -0.1) is 0 Å². The smallest absolute Gasteiger partial charge is 0.170 e. The zero-order valence-electron chi connectivity index (χ0n) is 11.2. The largest absolute Gasteiger partial charge is 0.294 e. The fourth-order valence-corrected chi connectivity index (χ4v) is 1.85. The first-order valence-corrected chi connectivity index (χ1v) is 5.74. The average Bonchev–Trinajstić information content (AvgIpc) is 2.05. The third-order valence-electron chi connectivity index (χ3n) is 3.29. The molecule has 1 nitrogen and oxygen atoms in total. The standard InChI is InChI=1S/C15H22O/c1-13(2,3)11-9-8-10-15(7,12(11)16)14(4,5)6/h7-10H,1-6H3. The highest BCUT2D eigenvalue weighted by Crippen LogP contribution is 2.46. The zero-order valence-corrected chi connectivity index (χ0v) is 11.2. The van der Waals surface area contributed by atoms with Gasteiger partial charge >= 0.3 is 0 Å². The summed E-state index contributed by atoms with van der Waals surface area (Å²) in [5.41, 5.74) is -0.500. The van der Waals surface area contributed by atoms with E-state index in [1.807, 2.05) is 59.8 Å². The number of rotatable bonds is 0. The molecule has 0 spiro atoms. The molecule has 0 bridgehead atoms. The topological polar surface area (TPSA) is 17.1 Å².